The van der Waals surface area contributed by atoms with Gasteiger partial charge in [-0.05, 0) is 24.3 Å². The van der Waals surface area contributed by atoms with Crippen LogP contribution in [0.25, 0.3) is 0 Å². The maximum atomic E-state index is 12.8. The lowest BCUT2D eigenvalue weighted by atomic mass is 10.2. The maximum Gasteiger partial charge on any atom is 0.251 e. The van der Waals surface area contributed by atoms with E-state index in [1.807, 2.05) is 0 Å². The number of halogens is 1. The molecule has 24 heavy (non-hydrogen) atoms. The summed E-state index contributed by atoms with van der Waals surface area (Å²) >= 11 is 0. The van der Waals surface area contributed by atoms with Crippen molar-refractivity contribution in [2.45, 2.75) is 6.92 Å². The summed E-state index contributed by atoms with van der Waals surface area (Å²) in [6.07, 6.45) is 0. The molecule has 1 aliphatic rings. The second-order valence-corrected chi connectivity index (χ2v) is 5.72. The number of hydrogen-bond donors (Lipinski definition) is 1. The maximum absolute atomic E-state index is 12.8. The molecule has 0 bridgehead atoms. The van der Waals surface area contributed by atoms with E-state index in [9.17, 15) is 14.0 Å². The number of carbonyl (C=O) groups is 2. The SMILES string of the molecule is CC(=O)N(CCNC(=O)c1ccc(F)cc1)CCN1CCOCC1. The standard InChI is InChI=1S/C17H24FN3O3/c1-14(22)21(9-8-20-10-12-24-13-11-20)7-6-19-17(23)15-2-4-16(18)5-3-15/h2-5H,6-13H2,1H3,(H,19,23). The molecule has 7 heteroatoms. The summed E-state index contributed by atoms with van der Waals surface area (Å²) in [6.45, 7) is 6.99. The van der Waals surface area contributed by atoms with E-state index in [-0.39, 0.29) is 17.6 Å². The smallest absolute Gasteiger partial charge is 0.251 e. The van der Waals surface area contributed by atoms with Crippen molar-refractivity contribution in [3.8, 4) is 0 Å². The minimum absolute atomic E-state index is 0.0145. The third-order valence-corrected chi connectivity index (χ3v) is 4.01. The molecule has 2 rings (SSSR count). The molecule has 0 spiro atoms. The highest BCUT2D eigenvalue weighted by Gasteiger charge is 2.14. The topological polar surface area (TPSA) is 61.9 Å². The van der Waals surface area contributed by atoms with Gasteiger partial charge in [-0.3, -0.25) is 14.5 Å². The van der Waals surface area contributed by atoms with Crippen LogP contribution in [0.15, 0.2) is 24.3 Å². The Morgan fingerprint density at radius 3 is 2.50 bits per heavy atom. The van der Waals surface area contributed by atoms with Crippen molar-refractivity contribution in [3.63, 3.8) is 0 Å². The highest BCUT2D eigenvalue weighted by Crippen LogP contribution is 2.02. The second-order valence-electron chi connectivity index (χ2n) is 5.72. The van der Waals surface area contributed by atoms with Crippen LogP contribution in [0.3, 0.4) is 0 Å². The third kappa shape index (κ3) is 5.90. The zero-order chi connectivity index (χ0) is 17.4. The van der Waals surface area contributed by atoms with Crippen molar-refractivity contribution in [2.24, 2.45) is 0 Å². The molecule has 0 radical (unpaired) electrons. The van der Waals surface area contributed by atoms with Gasteiger partial charge in [0.15, 0.2) is 0 Å². The Kier molecular flexibility index (Phi) is 7.14. The number of rotatable bonds is 7. The van der Waals surface area contributed by atoms with Gasteiger partial charge >= 0.3 is 0 Å². The molecule has 0 saturated carbocycles. The monoisotopic (exact) mass is 337 g/mol. The van der Waals surface area contributed by atoms with Gasteiger partial charge in [-0.1, -0.05) is 0 Å². The fourth-order valence-electron chi connectivity index (χ4n) is 2.52. The van der Waals surface area contributed by atoms with Crippen LogP contribution in [0.1, 0.15) is 17.3 Å². The lowest BCUT2D eigenvalue weighted by Crippen LogP contribution is -2.44. The largest absolute Gasteiger partial charge is 0.379 e. The van der Waals surface area contributed by atoms with E-state index in [0.717, 1.165) is 32.8 Å². The van der Waals surface area contributed by atoms with Gasteiger partial charge in [0.2, 0.25) is 5.91 Å². The van der Waals surface area contributed by atoms with Crippen LogP contribution in [-0.2, 0) is 9.53 Å². The van der Waals surface area contributed by atoms with Crippen molar-refractivity contribution in [3.05, 3.63) is 35.6 Å². The van der Waals surface area contributed by atoms with Gasteiger partial charge in [0.1, 0.15) is 5.82 Å². The Morgan fingerprint density at radius 1 is 1.21 bits per heavy atom. The van der Waals surface area contributed by atoms with Crippen LogP contribution in [0.4, 0.5) is 4.39 Å². The first-order valence-electron chi connectivity index (χ1n) is 8.15. The molecule has 0 aliphatic carbocycles. The van der Waals surface area contributed by atoms with Gasteiger partial charge in [-0.2, -0.15) is 0 Å². The minimum atomic E-state index is -0.377. The second kappa shape index (κ2) is 9.34. The van der Waals surface area contributed by atoms with Crippen LogP contribution < -0.4 is 5.32 Å². The summed E-state index contributed by atoms with van der Waals surface area (Å²) < 4.78 is 18.1. The minimum Gasteiger partial charge on any atom is -0.379 e. The van der Waals surface area contributed by atoms with E-state index >= 15 is 0 Å². The number of nitrogens with zero attached hydrogens (tertiary/aromatic N) is 2. The number of nitrogens with one attached hydrogen (secondary N) is 1. The van der Waals surface area contributed by atoms with E-state index in [2.05, 4.69) is 10.2 Å². The van der Waals surface area contributed by atoms with Crippen LogP contribution in [-0.4, -0.2) is 74.1 Å². The molecule has 1 fully saturated rings. The van der Waals surface area contributed by atoms with E-state index in [0.29, 0.717) is 25.2 Å². The molecule has 0 unspecified atom stereocenters. The van der Waals surface area contributed by atoms with Gasteiger partial charge in [-0.15, -0.1) is 0 Å². The first-order chi connectivity index (χ1) is 11.6. The average Bonchev–Trinajstić information content (AvgIpc) is 2.59. The Bertz CT molecular complexity index is 545. The Morgan fingerprint density at radius 2 is 1.88 bits per heavy atom. The van der Waals surface area contributed by atoms with Gasteiger partial charge < -0.3 is 15.0 Å². The fourth-order valence-corrected chi connectivity index (χ4v) is 2.52. The molecule has 1 aromatic rings. The quantitative estimate of drug-likeness (QED) is 0.797. The van der Waals surface area contributed by atoms with Crippen LogP contribution in [0.2, 0.25) is 0 Å². The molecule has 6 nitrogen and oxygen atoms in total. The molecule has 1 aliphatic heterocycles. The fraction of sp³-hybridized carbons (Fsp3) is 0.529. The summed E-state index contributed by atoms with van der Waals surface area (Å²) in [5.74, 6) is -0.664. The average molecular weight is 337 g/mol. The lowest BCUT2D eigenvalue weighted by Gasteiger charge is -2.29. The van der Waals surface area contributed by atoms with Crippen molar-refractivity contribution < 1.29 is 18.7 Å². The molecule has 132 valence electrons. The molecule has 1 N–H and O–H groups in total. The number of amides is 2. The number of ether oxygens (including phenoxy) is 1. The predicted octanol–water partition coefficient (Wildman–Crippen LogP) is 0.736. The molecular weight excluding hydrogens is 313 g/mol. The lowest BCUT2D eigenvalue weighted by molar-refractivity contribution is -0.129. The third-order valence-electron chi connectivity index (χ3n) is 4.01. The van der Waals surface area contributed by atoms with E-state index in [4.69, 9.17) is 4.74 Å². The molecule has 2 amide bonds. The van der Waals surface area contributed by atoms with Gasteiger partial charge in [0, 0.05) is 51.8 Å². The molecule has 1 heterocycles. The highest BCUT2D eigenvalue weighted by molar-refractivity contribution is 5.94. The summed E-state index contributed by atoms with van der Waals surface area (Å²) in [5.41, 5.74) is 0.402. The summed E-state index contributed by atoms with van der Waals surface area (Å²) in [4.78, 5) is 27.7. The van der Waals surface area contributed by atoms with Crippen molar-refractivity contribution >= 4 is 11.8 Å². The molecule has 1 aromatic carbocycles. The summed E-state index contributed by atoms with van der Waals surface area (Å²) in [7, 11) is 0. The molecular formula is C17H24FN3O3. The van der Waals surface area contributed by atoms with Crippen LogP contribution in [0, 0.1) is 5.82 Å². The Labute approximate surface area is 141 Å². The number of morpholine rings is 1. The Balaban J connectivity index is 1.73. The van der Waals surface area contributed by atoms with Crippen molar-refractivity contribution in [1.29, 1.82) is 0 Å². The zero-order valence-corrected chi connectivity index (χ0v) is 14.0. The Hall–Kier alpha value is -1.99. The van der Waals surface area contributed by atoms with E-state index in [1.54, 1.807) is 4.90 Å². The number of carbonyl (C=O) groups excluding carboxylic acids is 2. The summed E-state index contributed by atoms with van der Waals surface area (Å²) in [6, 6.07) is 5.37. The first-order valence-corrected chi connectivity index (χ1v) is 8.15. The van der Waals surface area contributed by atoms with E-state index < -0.39 is 0 Å². The number of hydrogen-bond acceptors (Lipinski definition) is 4. The van der Waals surface area contributed by atoms with Crippen molar-refractivity contribution in [2.75, 3.05) is 52.5 Å². The van der Waals surface area contributed by atoms with Crippen LogP contribution in [0.5, 0.6) is 0 Å². The predicted molar refractivity (Wildman–Crippen MR) is 88.2 cm³/mol. The number of benzene rings is 1. The van der Waals surface area contributed by atoms with Crippen LogP contribution >= 0.6 is 0 Å². The van der Waals surface area contributed by atoms with Gasteiger partial charge in [0.25, 0.3) is 5.91 Å². The highest BCUT2D eigenvalue weighted by atomic mass is 19.1. The van der Waals surface area contributed by atoms with Gasteiger partial charge in [0.05, 0.1) is 13.2 Å². The molecule has 1 saturated heterocycles. The summed E-state index contributed by atoms with van der Waals surface area (Å²) in [5, 5.41) is 2.75. The van der Waals surface area contributed by atoms with E-state index in [1.165, 1.54) is 31.2 Å². The molecule has 0 atom stereocenters. The van der Waals surface area contributed by atoms with Gasteiger partial charge in [-0.25, -0.2) is 4.39 Å². The molecule has 0 aromatic heterocycles. The zero-order valence-electron chi connectivity index (χ0n) is 14.0. The first kappa shape index (κ1) is 18.4. The normalized spacial score (nSPS) is 15.1. The van der Waals surface area contributed by atoms with Crippen molar-refractivity contribution in [1.82, 2.24) is 15.1 Å².